The SMILES string of the molecule is Cc1cccc(C(=O)NCC2CC=CCC2)c1N. The summed E-state index contributed by atoms with van der Waals surface area (Å²) in [6, 6.07) is 5.56. The molecule has 0 radical (unpaired) electrons. The van der Waals surface area contributed by atoms with Gasteiger partial charge in [0, 0.05) is 12.2 Å². The number of rotatable bonds is 3. The minimum Gasteiger partial charge on any atom is -0.398 e. The van der Waals surface area contributed by atoms with Gasteiger partial charge in [-0.05, 0) is 43.7 Å². The Kier molecular flexibility index (Phi) is 4.03. The van der Waals surface area contributed by atoms with E-state index < -0.39 is 0 Å². The first-order chi connectivity index (χ1) is 8.68. The van der Waals surface area contributed by atoms with Gasteiger partial charge in [0.25, 0.3) is 5.91 Å². The normalized spacial score (nSPS) is 18.6. The maximum atomic E-state index is 12.1. The van der Waals surface area contributed by atoms with Gasteiger partial charge in [-0.25, -0.2) is 0 Å². The molecule has 1 atom stereocenters. The van der Waals surface area contributed by atoms with E-state index in [1.54, 1.807) is 6.07 Å². The first-order valence-corrected chi connectivity index (χ1v) is 6.46. The van der Waals surface area contributed by atoms with E-state index >= 15 is 0 Å². The van der Waals surface area contributed by atoms with Gasteiger partial charge >= 0.3 is 0 Å². The summed E-state index contributed by atoms with van der Waals surface area (Å²) in [7, 11) is 0. The summed E-state index contributed by atoms with van der Waals surface area (Å²) in [6.07, 6.45) is 7.73. The van der Waals surface area contributed by atoms with Gasteiger partial charge in [0.2, 0.25) is 0 Å². The molecule has 0 fully saturated rings. The van der Waals surface area contributed by atoms with Gasteiger partial charge in [-0.2, -0.15) is 0 Å². The lowest BCUT2D eigenvalue weighted by Crippen LogP contribution is -2.30. The van der Waals surface area contributed by atoms with Gasteiger partial charge in [-0.3, -0.25) is 4.79 Å². The summed E-state index contributed by atoms with van der Waals surface area (Å²) in [5, 5.41) is 2.98. The number of hydrogen-bond acceptors (Lipinski definition) is 2. The number of nitrogens with two attached hydrogens (primary N) is 1. The Morgan fingerprint density at radius 3 is 3.00 bits per heavy atom. The summed E-state index contributed by atoms with van der Waals surface area (Å²) in [6.45, 7) is 2.65. The largest absolute Gasteiger partial charge is 0.398 e. The molecule has 2 rings (SSSR count). The zero-order valence-electron chi connectivity index (χ0n) is 10.8. The molecule has 0 saturated heterocycles. The molecule has 0 spiro atoms. The van der Waals surface area contributed by atoms with E-state index in [-0.39, 0.29) is 5.91 Å². The van der Waals surface area contributed by atoms with Gasteiger partial charge in [0.05, 0.1) is 5.56 Å². The van der Waals surface area contributed by atoms with E-state index in [1.165, 1.54) is 0 Å². The first kappa shape index (κ1) is 12.7. The van der Waals surface area contributed by atoms with Crippen molar-refractivity contribution in [1.29, 1.82) is 0 Å². The minimum atomic E-state index is -0.0641. The minimum absolute atomic E-state index is 0.0641. The molecule has 0 bridgehead atoms. The fourth-order valence-electron chi connectivity index (χ4n) is 2.25. The molecule has 3 nitrogen and oxygen atoms in total. The third kappa shape index (κ3) is 2.92. The maximum Gasteiger partial charge on any atom is 0.253 e. The molecule has 18 heavy (non-hydrogen) atoms. The molecule has 96 valence electrons. The lowest BCUT2D eigenvalue weighted by molar-refractivity contribution is 0.0947. The predicted octanol–water partition coefficient (Wildman–Crippen LogP) is 2.66. The number of carbonyl (C=O) groups is 1. The van der Waals surface area contributed by atoms with E-state index in [2.05, 4.69) is 17.5 Å². The third-order valence-electron chi connectivity index (χ3n) is 3.50. The number of anilines is 1. The van der Waals surface area contributed by atoms with Crippen LogP contribution in [0.5, 0.6) is 0 Å². The molecule has 1 aromatic carbocycles. The Morgan fingerprint density at radius 2 is 2.28 bits per heavy atom. The van der Waals surface area contributed by atoms with Crippen molar-refractivity contribution in [3.05, 3.63) is 41.5 Å². The summed E-state index contributed by atoms with van der Waals surface area (Å²) >= 11 is 0. The smallest absolute Gasteiger partial charge is 0.253 e. The van der Waals surface area contributed by atoms with Gasteiger partial charge in [-0.15, -0.1) is 0 Å². The number of amides is 1. The van der Waals surface area contributed by atoms with Crippen molar-refractivity contribution in [2.45, 2.75) is 26.2 Å². The fourth-order valence-corrected chi connectivity index (χ4v) is 2.25. The molecule has 1 aliphatic carbocycles. The van der Waals surface area contributed by atoms with E-state index in [0.29, 0.717) is 17.2 Å². The van der Waals surface area contributed by atoms with Crippen LogP contribution in [0, 0.1) is 12.8 Å². The fraction of sp³-hybridized carbons (Fsp3) is 0.400. The zero-order chi connectivity index (χ0) is 13.0. The van der Waals surface area contributed by atoms with Crippen molar-refractivity contribution in [1.82, 2.24) is 5.32 Å². The van der Waals surface area contributed by atoms with Crippen LogP contribution in [0.25, 0.3) is 0 Å². The van der Waals surface area contributed by atoms with Crippen LogP contribution in [0.2, 0.25) is 0 Å². The second kappa shape index (κ2) is 5.71. The van der Waals surface area contributed by atoms with Crippen molar-refractivity contribution in [3.8, 4) is 0 Å². The van der Waals surface area contributed by atoms with Crippen molar-refractivity contribution >= 4 is 11.6 Å². The average Bonchev–Trinajstić information content (AvgIpc) is 2.40. The van der Waals surface area contributed by atoms with Gasteiger partial charge in [0.1, 0.15) is 0 Å². The highest BCUT2D eigenvalue weighted by Crippen LogP contribution is 2.19. The molecule has 0 aromatic heterocycles. The lowest BCUT2D eigenvalue weighted by atomic mass is 9.94. The monoisotopic (exact) mass is 244 g/mol. The molecule has 3 heteroatoms. The average molecular weight is 244 g/mol. The topological polar surface area (TPSA) is 55.1 Å². The van der Waals surface area contributed by atoms with Crippen LogP contribution in [0.15, 0.2) is 30.4 Å². The number of nitrogen functional groups attached to an aromatic ring is 1. The highest BCUT2D eigenvalue weighted by Gasteiger charge is 2.14. The number of para-hydroxylation sites is 1. The molecule has 0 heterocycles. The van der Waals surface area contributed by atoms with Crippen LogP contribution < -0.4 is 11.1 Å². The summed E-state index contributed by atoms with van der Waals surface area (Å²) in [5.41, 5.74) is 8.03. The Bertz CT molecular complexity index is 466. The molecular weight excluding hydrogens is 224 g/mol. The van der Waals surface area contributed by atoms with Crippen LogP contribution >= 0.6 is 0 Å². The molecule has 1 unspecified atom stereocenters. The van der Waals surface area contributed by atoms with Gasteiger partial charge in [-0.1, -0.05) is 24.3 Å². The lowest BCUT2D eigenvalue weighted by Gasteiger charge is -2.18. The quantitative estimate of drug-likeness (QED) is 0.634. The number of carbonyl (C=O) groups excluding carboxylic acids is 1. The summed E-state index contributed by atoms with van der Waals surface area (Å²) < 4.78 is 0. The number of hydrogen-bond donors (Lipinski definition) is 2. The Balaban J connectivity index is 1.95. The van der Waals surface area contributed by atoms with Gasteiger partial charge in [0.15, 0.2) is 0 Å². The van der Waals surface area contributed by atoms with Crippen LogP contribution in [0.4, 0.5) is 5.69 Å². The van der Waals surface area contributed by atoms with Crippen molar-refractivity contribution in [3.63, 3.8) is 0 Å². The van der Waals surface area contributed by atoms with Crippen molar-refractivity contribution in [2.24, 2.45) is 5.92 Å². The molecule has 1 aliphatic rings. The summed E-state index contributed by atoms with van der Waals surface area (Å²) in [5.74, 6) is 0.496. The maximum absolute atomic E-state index is 12.1. The molecule has 0 aliphatic heterocycles. The van der Waals surface area contributed by atoms with Gasteiger partial charge < -0.3 is 11.1 Å². The van der Waals surface area contributed by atoms with E-state index in [0.717, 1.165) is 31.4 Å². The third-order valence-corrected chi connectivity index (χ3v) is 3.50. The molecule has 1 aromatic rings. The number of allylic oxidation sites excluding steroid dienone is 2. The zero-order valence-corrected chi connectivity index (χ0v) is 10.8. The van der Waals surface area contributed by atoms with E-state index in [1.807, 2.05) is 19.1 Å². The van der Waals surface area contributed by atoms with Crippen LogP contribution in [-0.4, -0.2) is 12.5 Å². The Morgan fingerprint density at radius 1 is 1.44 bits per heavy atom. The standard InChI is InChI=1S/C15H20N2O/c1-11-6-5-9-13(14(11)16)15(18)17-10-12-7-3-2-4-8-12/h2-3,5-6,9,12H,4,7-8,10,16H2,1H3,(H,17,18). The molecule has 3 N–H and O–H groups in total. The van der Waals surface area contributed by atoms with Crippen LogP contribution in [0.3, 0.4) is 0 Å². The first-order valence-electron chi connectivity index (χ1n) is 6.46. The summed E-state index contributed by atoms with van der Waals surface area (Å²) in [4.78, 5) is 12.1. The van der Waals surface area contributed by atoms with Crippen LogP contribution in [-0.2, 0) is 0 Å². The molecular formula is C15H20N2O. The van der Waals surface area contributed by atoms with Crippen molar-refractivity contribution in [2.75, 3.05) is 12.3 Å². The second-order valence-corrected chi connectivity index (χ2v) is 4.90. The molecule has 1 amide bonds. The Hall–Kier alpha value is -1.77. The highest BCUT2D eigenvalue weighted by atomic mass is 16.1. The van der Waals surface area contributed by atoms with Crippen LogP contribution in [0.1, 0.15) is 35.2 Å². The second-order valence-electron chi connectivity index (χ2n) is 4.90. The van der Waals surface area contributed by atoms with E-state index in [4.69, 9.17) is 5.73 Å². The number of nitrogens with one attached hydrogen (secondary N) is 1. The Labute approximate surface area is 108 Å². The van der Waals surface area contributed by atoms with E-state index in [9.17, 15) is 4.79 Å². The molecule has 0 saturated carbocycles. The highest BCUT2D eigenvalue weighted by molar-refractivity contribution is 5.99. The van der Waals surface area contributed by atoms with Crippen molar-refractivity contribution < 1.29 is 4.79 Å². The number of benzene rings is 1. The number of aryl methyl sites for hydroxylation is 1. The predicted molar refractivity (Wildman–Crippen MR) is 74.4 cm³/mol.